The zero-order valence-corrected chi connectivity index (χ0v) is 13.2. The molecule has 0 aliphatic heterocycles. The van der Waals surface area contributed by atoms with Crippen molar-refractivity contribution in [3.63, 3.8) is 0 Å². The highest BCUT2D eigenvalue weighted by atomic mass is 16.5. The fraction of sp³-hybridized carbons (Fsp3) is 0.167. The maximum atomic E-state index is 12.4. The van der Waals surface area contributed by atoms with E-state index in [1.807, 2.05) is 0 Å². The van der Waals surface area contributed by atoms with Gasteiger partial charge in [-0.05, 0) is 31.3 Å². The van der Waals surface area contributed by atoms with E-state index in [9.17, 15) is 14.4 Å². The quantitative estimate of drug-likeness (QED) is 0.477. The van der Waals surface area contributed by atoms with Crippen molar-refractivity contribution in [2.45, 2.75) is 6.42 Å². The summed E-state index contributed by atoms with van der Waals surface area (Å²) in [6.45, 7) is 0.470. The highest BCUT2D eigenvalue weighted by molar-refractivity contribution is 5.95. The molecule has 0 heterocycles. The van der Waals surface area contributed by atoms with Crippen LogP contribution in [0.15, 0.2) is 48.5 Å². The first-order valence-electron chi connectivity index (χ1n) is 7.36. The van der Waals surface area contributed by atoms with Gasteiger partial charge in [-0.25, -0.2) is 4.79 Å². The molecule has 2 rings (SSSR count). The zero-order valence-electron chi connectivity index (χ0n) is 13.2. The number of carbonyl (C=O) groups is 3. The van der Waals surface area contributed by atoms with Gasteiger partial charge in [-0.3, -0.25) is 9.59 Å². The first kappa shape index (κ1) is 17.4. The van der Waals surface area contributed by atoms with Crippen LogP contribution in [0.5, 0.6) is 11.5 Å². The average molecular weight is 327 g/mol. The predicted molar refractivity (Wildman–Crippen MR) is 87.4 cm³/mol. The lowest BCUT2D eigenvalue weighted by Crippen LogP contribution is -2.18. The molecule has 0 spiro atoms. The fourth-order valence-corrected chi connectivity index (χ4v) is 1.95. The van der Waals surface area contributed by atoms with Gasteiger partial charge in [-0.2, -0.15) is 0 Å². The summed E-state index contributed by atoms with van der Waals surface area (Å²) in [6.07, 6.45) is 0.778. The molecule has 6 heteroatoms. The lowest BCUT2D eigenvalue weighted by Gasteiger charge is -2.10. The van der Waals surface area contributed by atoms with Crippen LogP contribution in [0.4, 0.5) is 0 Å². The maximum absolute atomic E-state index is 12.4. The first-order chi connectivity index (χ1) is 11.7. The second-order valence-corrected chi connectivity index (χ2v) is 4.87. The van der Waals surface area contributed by atoms with E-state index in [4.69, 9.17) is 9.47 Å². The molecule has 0 aliphatic rings. The van der Waals surface area contributed by atoms with E-state index in [1.54, 1.807) is 37.4 Å². The molecular weight excluding hydrogens is 310 g/mol. The highest BCUT2D eigenvalue weighted by Gasteiger charge is 2.18. The van der Waals surface area contributed by atoms with Crippen molar-refractivity contribution >= 4 is 18.2 Å². The summed E-state index contributed by atoms with van der Waals surface area (Å²) in [6, 6.07) is 12.7. The number of nitrogens with one attached hydrogen (secondary N) is 1. The summed E-state index contributed by atoms with van der Waals surface area (Å²) in [7, 11) is 1.73. The Hall–Kier alpha value is -2.99. The van der Waals surface area contributed by atoms with Gasteiger partial charge in [0, 0.05) is 6.54 Å². The predicted octanol–water partition coefficient (Wildman–Crippen LogP) is 2.23. The van der Waals surface area contributed by atoms with Gasteiger partial charge in [0.2, 0.25) is 0 Å². The molecule has 2 aromatic carbocycles. The monoisotopic (exact) mass is 327 g/mol. The molecule has 2 aromatic rings. The minimum atomic E-state index is -0.707. The van der Waals surface area contributed by atoms with Gasteiger partial charge >= 0.3 is 11.9 Å². The third kappa shape index (κ3) is 4.50. The van der Waals surface area contributed by atoms with E-state index in [0.29, 0.717) is 12.8 Å². The molecule has 1 N–H and O–H groups in total. The normalized spacial score (nSPS) is 10.0. The molecule has 0 radical (unpaired) electrons. The fourth-order valence-electron chi connectivity index (χ4n) is 1.95. The molecule has 0 amide bonds. The van der Waals surface area contributed by atoms with Crippen LogP contribution < -0.4 is 14.8 Å². The largest absolute Gasteiger partial charge is 0.426 e. The number of hydrogen-bond acceptors (Lipinski definition) is 6. The summed E-state index contributed by atoms with van der Waals surface area (Å²) < 4.78 is 10.5. The number of hydrogen-bond donors (Lipinski definition) is 1. The average Bonchev–Trinajstić information content (AvgIpc) is 2.60. The Morgan fingerprint density at radius 1 is 1.00 bits per heavy atom. The molecule has 0 atom stereocenters. The van der Waals surface area contributed by atoms with Gasteiger partial charge in [0.25, 0.3) is 0 Å². The highest BCUT2D eigenvalue weighted by Crippen LogP contribution is 2.22. The van der Waals surface area contributed by atoms with Crippen LogP contribution in [0.25, 0.3) is 0 Å². The van der Waals surface area contributed by atoms with Crippen LogP contribution in [-0.4, -0.2) is 31.8 Å². The van der Waals surface area contributed by atoms with E-state index in [0.717, 1.165) is 0 Å². The molecular formula is C18H17NO5. The molecule has 0 saturated carbocycles. The Morgan fingerprint density at radius 2 is 1.67 bits per heavy atom. The van der Waals surface area contributed by atoms with Crippen LogP contribution in [0.1, 0.15) is 27.1 Å². The molecule has 0 aromatic heterocycles. The van der Waals surface area contributed by atoms with Crippen molar-refractivity contribution in [3.05, 3.63) is 59.7 Å². The van der Waals surface area contributed by atoms with Crippen molar-refractivity contribution in [1.29, 1.82) is 0 Å². The Bertz CT molecular complexity index is 742. The molecule has 0 fully saturated rings. The summed E-state index contributed by atoms with van der Waals surface area (Å²) in [4.78, 5) is 35.1. The van der Waals surface area contributed by atoms with Crippen molar-refractivity contribution < 1.29 is 23.9 Å². The Morgan fingerprint density at radius 3 is 2.38 bits per heavy atom. The van der Waals surface area contributed by atoms with Crippen molar-refractivity contribution in [3.8, 4) is 11.5 Å². The second kappa shape index (κ2) is 8.59. The molecule has 0 bridgehead atoms. The SMILES string of the molecule is CNCCC(=O)Oc1ccccc1C(=O)Oc1ccccc1C=O. The number of aldehydes is 1. The molecule has 24 heavy (non-hydrogen) atoms. The summed E-state index contributed by atoms with van der Waals surface area (Å²) in [5, 5.41) is 2.84. The van der Waals surface area contributed by atoms with Crippen LogP contribution in [0, 0.1) is 0 Å². The van der Waals surface area contributed by atoms with Crippen LogP contribution in [0.2, 0.25) is 0 Å². The van der Waals surface area contributed by atoms with E-state index in [1.165, 1.54) is 18.2 Å². The van der Waals surface area contributed by atoms with Crippen LogP contribution >= 0.6 is 0 Å². The lowest BCUT2D eigenvalue weighted by molar-refractivity contribution is -0.134. The Labute approximate surface area is 139 Å². The van der Waals surface area contributed by atoms with E-state index in [-0.39, 0.29) is 29.0 Å². The number of ether oxygens (including phenoxy) is 2. The van der Waals surface area contributed by atoms with Crippen molar-refractivity contribution in [2.75, 3.05) is 13.6 Å². The summed E-state index contributed by atoms with van der Waals surface area (Å²) in [5.74, 6) is -0.903. The molecule has 0 unspecified atom stereocenters. The van der Waals surface area contributed by atoms with Crippen molar-refractivity contribution in [2.24, 2.45) is 0 Å². The van der Waals surface area contributed by atoms with Gasteiger partial charge in [0.15, 0.2) is 6.29 Å². The smallest absolute Gasteiger partial charge is 0.347 e. The number of benzene rings is 2. The number of carbonyl (C=O) groups excluding carboxylic acids is 3. The van der Waals surface area contributed by atoms with Gasteiger partial charge in [0.1, 0.15) is 17.1 Å². The summed E-state index contributed by atoms with van der Waals surface area (Å²) in [5.41, 5.74) is 0.366. The molecule has 6 nitrogen and oxygen atoms in total. The van der Waals surface area contributed by atoms with Crippen LogP contribution in [0.3, 0.4) is 0 Å². The lowest BCUT2D eigenvalue weighted by atomic mass is 10.2. The van der Waals surface area contributed by atoms with E-state index < -0.39 is 11.9 Å². The number of rotatable bonds is 7. The van der Waals surface area contributed by atoms with Gasteiger partial charge < -0.3 is 14.8 Å². The van der Waals surface area contributed by atoms with Crippen molar-refractivity contribution in [1.82, 2.24) is 5.32 Å². The molecule has 0 aliphatic carbocycles. The van der Waals surface area contributed by atoms with Gasteiger partial charge in [0.05, 0.1) is 12.0 Å². The van der Waals surface area contributed by atoms with Crippen LogP contribution in [-0.2, 0) is 4.79 Å². The summed E-state index contributed by atoms with van der Waals surface area (Å²) >= 11 is 0. The topological polar surface area (TPSA) is 81.7 Å². The minimum absolute atomic E-state index is 0.107. The Kier molecular flexibility index (Phi) is 6.22. The minimum Gasteiger partial charge on any atom is -0.426 e. The second-order valence-electron chi connectivity index (χ2n) is 4.87. The number of esters is 2. The number of para-hydroxylation sites is 2. The third-order valence-corrected chi connectivity index (χ3v) is 3.16. The molecule has 0 saturated heterocycles. The third-order valence-electron chi connectivity index (χ3n) is 3.16. The van der Waals surface area contributed by atoms with Gasteiger partial charge in [-0.15, -0.1) is 0 Å². The van der Waals surface area contributed by atoms with E-state index >= 15 is 0 Å². The Balaban J connectivity index is 2.17. The maximum Gasteiger partial charge on any atom is 0.347 e. The van der Waals surface area contributed by atoms with E-state index in [2.05, 4.69) is 5.32 Å². The standard InChI is InChI=1S/C18H17NO5/c1-19-11-10-17(21)23-16-9-5-3-7-14(16)18(22)24-15-8-4-2-6-13(15)12-20/h2-9,12,19H,10-11H2,1H3. The van der Waals surface area contributed by atoms with Gasteiger partial charge in [-0.1, -0.05) is 24.3 Å². The molecule has 124 valence electrons. The zero-order chi connectivity index (χ0) is 17.4. The first-order valence-corrected chi connectivity index (χ1v) is 7.36.